The first-order valence-corrected chi connectivity index (χ1v) is 9.94. The van der Waals surface area contributed by atoms with Gasteiger partial charge in [0, 0.05) is 0 Å². The zero-order valence-corrected chi connectivity index (χ0v) is 17.7. The highest BCUT2D eigenvalue weighted by Gasteiger charge is 2.47. The van der Waals surface area contributed by atoms with Crippen molar-refractivity contribution in [1.29, 1.82) is 5.26 Å². The molecule has 0 spiro atoms. The minimum Gasteiger partial charge on any atom is -0.339 e. The van der Waals surface area contributed by atoms with Crippen LogP contribution in [0.15, 0.2) is 24.3 Å². The van der Waals surface area contributed by atoms with Crippen molar-refractivity contribution in [3.05, 3.63) is 35.4 Å². The van der Waals surface area contributed by atoms with E-state index >= 15 is 0 Å². The van der Waals surface area contributed by atoms with Crippen LogP contribution in [0.1, 0.15) is 71.0 Å². The Morgan fingerprint density at radius 3 is 2.10 bits per heavy atom. The molecule has 1 aromatic rings. The molecule has 1 aromatic carbocycles. The summed E-state index contributed by atoms with van der Waals surface area (Å²) in [6.07, 6.45) is -3.08. The third-order valence-electron chi connectivity index (χ3n) is 5.16. The molecular formula is C22H30F3N3O. The van der Waals surface area contributed by atoms with Crippen molar-refractivity contribution in [2.24, 2.45) is 5.92 Å². The lowest BCUT2D eigenvalue weighted by Gasteiger charge is -2.28. The van der Waals surface area contributed by atoms with Crippen molar-refractivity contribution in [3.63, 3.8) is 0 Å². The maximum absolute atomic E-state index is 13.8. The monoisotopic (exact) mass is 409 g/mol. The molecule has 1 aliphatic rings. The third kappa shape index (κ3) is 6.20. The van der Waals surface area contributed by atoms with E-state index in [2.05, 4.69) is 16.7 Å². The molecule has 160 valence electrons. The van der Waals surface area contributed by atoms with Crippen LogP contribution in [0.25, 0.3) is 0 Å². The van der Waals surface area contributed by atoms with Gasteiger partial charge in [0.25, 0.3) is 0 Å². The summed E-state index contributed by atoms with van der Waals surface area (Å²) in [6.45, 7) is 9.73. The topological polar surface area (TPSA) is 64.9 Å². The summed E-state index contributed by atoms with van der Waals surface area (Å²) in [6, 6.07) is 5.35. The lowest BCUT2D eigenvalue weighted by atomic mass is 9.86. The van der Waals surface area contributed by atoms with Crippen LogP contribution in [-0.2, 0) is 10.2 Å². The first kappa shape index (κ1) is 23.2. The fourth-order valence-electron chi connectivity index (χ4n) is 3.22. The summed E-state index contributed by atoms with van der Waals surface area (Å²) in [5.41, 5.74) is -0.0717. The smallest absolute Gasteiger partial charge is 0.339 e. The summed E-state index contributed by atoms with van der Waals surface area (Å²) in [5, 5.41) is 14.4. The average Bonchev–Trinajstić information content (AvgIpc) is 3.37. The fourth-order valence-corrected chi connectivity index (χ4v) is 3.22. The summed E-state index contributed by atoms with van der Waals surface area (Å²) in [5.74, 6) is -0.648. The zero-order chi connectivity index (χ0) is 22.0. The quantitative estimate of drug-likeness (QED) is 0.682. The molecule has 2 N–H and O–H groups in total. The number of nitrogens with one attached hydrogen (secondary N) is 2. The lowest BCUT2D eigenvalue weighted by Crippen LogP contribution is -2.52. The van der Waals surface area contributed by atoms with Gasteiger partial charge in [-0.25, -0.2) is 0 Å². The third-order valence-corrected chi connectivity index (χ3v) is 5.16. The molecule has 1 fully saturated rings. The molecule has 0 heterocycles. The van der Waals surface area contributed by atoms with Crippen molar-refractivity contribution in [2.75, 3.05) is 0 Å². The van der Waals surface area contributed by atoms with Crippen LogP contribution in [-0.4, -0.2) is 23.7 Å². The predicted octanol–water partition coefficient (Wildman–Crippen LogP) is 4.76. The average molecular weight is 409 g/mol. The number of benzene rings is 1. The summed E-state index contributed by atoms with van der Waals surface area (Å²) < 4.78 is 41.3. The van der Waals surface area contributed by atoms with E-state index in [1.807, 2.05) is 34.6 Å². The minimum atomic E-state index is -4.63. The number of alkyl halides is 3. The minimum absolute atomic E-state index is 0.0106. The largest absolute Gasteiger partial charge is 0.412 e. The van der Waals surface area contributed by atoms with E-state index < -0.39 is 29.7 Å². The molecule has 0 aliphatic heterocycles. The number of nitrogens with zero attached hydrogens (tertiary/aromatic N) is 1. The molecule has 29 heavy (non-hydrogen) atoms. The number of halogens is 3. The highest BCUT2D eigenvalue weighted by atomic mass is 19.4. The van der Waals surface area contributed by atoms with E-state index in [1.165, 1.54) is 12.1 Å². The summed E-state index contributed by atoms with van der Waals surface area (Å²) in [4.78, 5) is 12.8. The van der Waals surface area contributed by atoms with Crippen molar-refractivity contribution in [3.8, 4) is 6.07 Å². The van der Waals surface area contributed by atoms with Crippen LogP contribution < -0.4 is 10.6 Å². The van der Waals surface area contributed by atoms with Gasteiger partial charge in [0.05, 0.1) is 12.1 Å². The molecule has 0 unspecified atom stereocenters. The standard InChI is InChI=1S/C22H30F3N3O/c1-14(2)12-17(28-21(13-26)10-11-21)19(29)27-18(22(23,24)25)15-6-8-16(9-7-15)20(3,4)5/h6-9,14,17-18,28H,10-12H2,1-5H3,(H,27,29)/t17-,18-/m0/s1. The molecule has 1 aliphatic carbocycles. The Morgan fingerprint density at radius 2 is 1.72 bits per heavy atom. The van der Waals surface area contributed by atoms with Crippen LogP contribution in [0, 0.1) is 17.2 Å². The number of nitriles is 1. The maximum Gasteiger partial charge on any atom is 0.412 e. The molecule has 4 nitrogen and oxygen atoms in total. The van der Waals surface area contributed by atoms with Crippen molar-refractivity contribution >= 4 is 5.91 Å². The van der Waals surface area contributed by atoms with Gasteiger partial charge >= 0.3 is 6.18 Å². The van der Waals surface area contributed by atoms with Gasteiger partial charge < -0.3 is 5.32 Å². The van der Waals surface area contributed by atoms with E-state index in [4.69, 9.17) is 0 Å². The first-order chi connectivity index (χ1) is 13.3. The van der Waals surface area contributed by atoms with E-state index in [1.54, 1.807) is 12.1 Å². The number of carbonyl (C=O) groups is 1. The van der Waals surface area contributed by atoms with Gasteiger partial charge in [-0.2, -0.15) is 18.4 Å². The normalized spacial score (nSPS) is 18.1. The predicted molar refractivity (Wildman–Crippen MR) is 106 cm³/mol. The number of carbonyl (C=O) groups excluding carboxylic acids is 1. The number of amides is 1. The van der Waals surface area contributed by atoms with Crippen LogP contribution in [0.3, 0.4) is 0 Å². The second kappa shape index (κ2) is 8.35. The second-order valence-corrected chi connectivity index (χ2v) is 9.38. The van der Waals surface area contributed by atoms with E-state index in [0.29, 0.717) is 19.3 Å². The number of hydrogen-bond donors (Lipinski definition) is 2. The number of hydrogen-bond acceptors (Lipinski definition) is 3. The highest BCUT2D eigenvalue weighted by molar-refractivity contribution is 5.82. The van der Waals surface area contributed by atoms with Crippen LogP contribution in [0.2, 0.25) is 0 Å². The Labute approximate surface area is 170 Å². The van der Waals surface area contributed by atoms with Crippen molar-refractivity contribution in [2.45, 2.75) is 83.1 Å². The van der Waals surface area contributed by atoms with E-state index in [0.717, 1.165) is 5.56 Å². The number of rotatable bonds is 7. The van der Waals surface area contributed by atoms with Gasteiger partial charge in [0.2, 0.25) is 5.91 Å². The molecular weight excluding hydrogens is 379 g/mol. The Balaban J connectivity index is 2.24. The van der Waals surface area contributed by atoms with Gasteiger partial charge in [-0.3, -0.25) is 10.1 Å². The SMILES string of the molecule is CC(C)C[C@H](NC1(C#N)CC1)C(=O)N[C@@H](c1ccc(C(C)(C)C)cc1)C(F)(F)F. The molecule has 1 saturated carbocycles. The fraction of sp³-hybridized carbons (Fsp3) is 0.636. The Hall–Kier alpha value is -2.07. The van der Waals surface area contributed by atoms with Crippen molar-refractivity contribution in [1.82, 2.24) is 10.6 Å². The lowest BCUT2D eigenvalue weighted by molar-refractivity contribution is -0.164. The summed E-state index contributed by atoms with van der Waals surface area (Å²) in [7, 11) is 0. The van der Waals surface area contributed by atoms with Gasteiger partial charge in [0.1, 0.15) is 5.54 Å². The van der Waals surface area contributed by atoms with Crippen LogP contribution in [0.4, 0.5) is 13.2 Å². The molecule has 0 bridgehead atoms. The summed E-state index contributed by atoms with van der Waals surface area (Å²) >= 11 is 0. The van der Waals surface area contributed by atoms with Crippen LogP contribution >= 0.6 is 0 Å². The van der Waals surface area contributed by atoms with Gasteiger partial charge in [-0.05, 0) is 41.7 Å². The van der Waals surface area contributed by atoms with Crippen molar-refractivity contribution < 1.29 is 18.0 Å². The first-order valence-electron chi connectivity index (χ1n) is 9.94. The Kier molecular flexibility index (Phi) is 6.68. The van der Waals surface area contributed by atoms with Crippen LogP contribution in [0.5, 0.6) is 0 Å². The Morgan fingerprint density at radius 1 is 1.17 bits per heavy atom. The molecule has 0 saturated heterocycles. The second-order valence-electron chi connectivity index (χ2n) is 9.38. The van der Waals surface area contributed by atoms with Gasteiger partial charge in [-0.1, -0.05) is 58.9 Å². The molecule has 0 aromatic heterocycles. The van der Waals surface area contributed by atoms with Gasteiger partial charge in [-0.15, -0.1) is 0 Å². The maximum atomic E-state index is 13.8. The van der Waals surface area contributed by atoms with Gasteiger partial charge in [0.15, 0.2) is 6.04 Å². The zero-order valence-electron chi connectivity index (χ0n) is 17.7. The van der Waals surface area contributed by atoms with E-state index in [9.17, 15) is 23.2 Å². The molecule has 2 rings (SSSR count). The molecule has 0 radical (unpaired) electrons. The molecule has 2 atom stereocenters. The molecule has 7 heteroatoms. The highest BCUT2D eigenvalue weighted by Crippen LogP contribution is 2.36. The van der Waals surface area contributed by atoms with E-state index in [-0.39, 0.29) is 16.9 Å². The molecule has 1 amide bonds. The Bertz CT molecular complexity index is 753.